The van der Waals surface area contributed by atoms with E-state index in [0.29, 0.717) is 22.7 Å². The van der Waals surface area contributed by atoms with Gasteiger partial charge in [-0.25, -0.2) is 4.98 Å². The van der Waals surface area contributed by atoms with Gasteiger partial charge in [0, 0.05) is 17.3 Å². The molecule has 0 aliphatic rings. The van der Waals surface area contributed by atoms with Crippen LogP contribution in [-0.2, 0) is 6.18 Å². The first-order chi connectivity index (χ1) is 16.3. The smallest absolute Gasteiger partial charge is 0.452 e. The van der Waals surface area contributed by atoms with E-state index in [-0.39, 0.29) is 11.0 Å². The number of carbonyl (C=O) groups excluding carboxylic acids is 1. The third-order valence-corrected chi connectivity index (χ3v) is 4.62. The lowest BCUT2D eigenvalue weighted by Crippen LogP contribution is -2.35. The average Bonchev–Trinajstić information content (AvgIpc) is 3.27. The fraction of sp³-hybridized carbons (Fsp3) is 0.0417. The Morgan fingerprint density at radius 3 is 2.24 bits per heavy atom. The van der Waals surface area contributed by atoms with Gasteiger partial charge < -0.3 is 14.5 Å². The van der Waals surface area contributed by atoms with E-state index in [4.69, 9.17) is 21.4 Å². The summed E-state index contributed by atoms with van der Waals surface area (Å²) in [6.45, 7) is 0. The molecule has 2 N–H and O–H groups in total. The lowest BCUT2D eigenvalue weighted by molar-refractivity contribution is -0.153. The predicted molar refractivity (Wildman–Crippen MR) is 124 cm³/mol. The van der Waals surface area contributed by atoms with E-state index in [0.717, 1.165) is 0 Å². The summed E-state index contributed by atoms with van der Waals surface area (Å²) in [7, 11) is 0. The molecule has 1 heterocycles. The van der Waals surface area contributed by atoms with Crippen molar-refractivity contribution in [2.75, 3.05) is 5.32 Å². The van der Waals surface area contributed by atoms with E-state index in [1.165, 1.54) is 12.1 Å². The van der Waals surface area contributed by atoms with Gasteiger partial charge in [-0.3, -0.25) is 10.1 Å². The van der Waals surface area contributed by atoms with Gasteiger partial charge in [-0.1, -0.05) is 42.5 Å². The number of rotatable bonds is 5. The first-order valence-corrected chi connectivity index (χ1v) is 10.3. The molecule has 4 rings (SSSR count). The normalized spacial score (nSPS) is 11.0. The van der Waals surface area contributed by atoms with Gasteiger partial charge in [0.15, 0.2) is 10.8 Å². The molecule has 10 heteroatoms. The van der Waals surface area contributed by atoms with Crippen LogP contribution in [0.3, 0.4) is 0 Å². The van der Waals surface area contributed by atoms with Crippen molar-refractivity contribution in [2.45, 2.75) is 6.18 Å². The molecule has 0 saturated heterocycles. The molecule has 34 heavy (non-hydrogen) atoms. The molecule has 1 aromatic heterocycles. The molecule has 0 fully saturated rings. The van der Waals surface area contributed by atoms with Crippen LogP contribution in [-0.4, -0.2) is 16.0 Å². The minimum Gasteiger partial charge on any atom is -0.457 e. The minimum atomic E-state index is -4.93. The van der Waals surface area contributed by atoms with E-state index >= 15 is 0 Å². The zero-order valence-electron chi connectivity index (χ0n) is 17.3. The van der Waals surface area contributed by atoms with Crippen LogP contribution in [0.1, 0.15) is 16.2 Å². The van der Waals surface area contributed by atoms with Crippen LogP contribution in [0.5, 0.6) is 11.5 Å². The second kappa shape index (κ2) is 9.75. The Kier molecular flexibility index (Phi) is 6.60. The van der Waals surface area contributed by atoms with Crippen LogP contribution in [0.15, 0.2) is 89.3 Å². The van der Waals surface area contributed by atoms with Crippen molar-refractivity contribution in [3.05, 3.63) is 96.4 Å². The number of ether oxygens (including phenoxy) is 1. The monoisotopic (exact) mass is 483 g/mol. The Morgan fingerprint density at radius 1 is 0.912 bits per heavy atom. The van der Waals surface area contributed by atoms with Crippen molar-refractivity contribution in [2.24, 2.45) is 0 Å². The van der Waals surface area contributed by atoms with Crippen LogP contribution in [0.2, 0.25) is 0 Å². The molecule has 0 spiro atoms. The Hall–Kier alpha value is -4.18. The SMILES string of the molecule is O=C(NC(=S)Nc1cccc(Oc2ccccc2)c1)c1nc(-c2ccccc2)oc1C(F)(F)F. The van der Waals surface area contributed by atoms with Crippen LogP contribution in [0.4, 0.5) is 18.9 Å². The zero-order chi connectivity index (χ0) is 24.1. The molecule has 4 aromatic rings. The van der Waals surface area contributed by atoms with E-state index in [2.05, 4.69) is 15.6 Å². The van der Waals surface area contributed by atoms with Gasteiger partial charge in [0.25, 0.3) is 5.91 Å². The van der Waals surface area contributed by atoms with Gasteiger partial charge in [-0.05, 0) is 48.6 Å². The van der Waals surface area contributed by atoms with Crippen molar-refractivity contribution in [1.29, 1.82) is 0 Å². The van der Waals surface area contributed by atoms with Gasteiger partial charge >= 0.3 is 6.18 Å². The molecule has 172 valence electrons. The Morgan fingerprint density at radius 2 is 1.56 bits per heavy atom. The maximum atomic E-state index is 13.5. The lowest BCUT2D eigenvalue weighted by atomic mass is 10.2. The molecule has 0 aliphatic carbocycles. The highest BCUT2D eigenvalue weighted by atomic mass is 32.1. The number of benzene rings is 3. The molecule has 0 radical (unpaired) electrons. The second-order valence-corrected chi connectivity index (χ2v) is 7.32. The first-order valence-electron chi connectivity index (χ1n) is 9.88. The number of amides is 1. The van der Waals surface area contributed by atoms with Gasteiger partial charge in [-0.15, -0.1) is 0 Å². The molecular formula is C24H16F3N3O3S. The highest BCUT2D eigenvalue weighted by molar-refractivity contribution is 7.80. The van der Waals surface area contributed by atoms with E-state index < -0.39 is 23.5 Å². The summed E-state index contributed by atoms with van der Waals surface area (Å²) in [6, 6.07) is 23.7. The van der Waals surface area contributed by atoms with Gasteiger partial charge in [0.2, 0.25) is 11.7 Å². The highest BCUT2D eigenvalue weighted by Gasteiger charge is 2.42. The summed E-state index contributed by atoms with van der Waals surface area (Å²) in [5, 5.41) is 4.73. The fourth-order valence-electron chi connectivity index (χ4n) is 2.96. The Labute approximate surface area is 197 Å². The zero-order valence-corrected chi connectivity index (χ0v) is 18.1. The van der Waals surface area contributed by atoms with Crippen molar-refractivity contribution in [3.63, 3.8) is 0 Å². The van der Waals surface area contributed by atoms with Gasteiger partial charge in [0.1, 0.15) is 11.5 Å². The number of carbonyl (C=O) groups is 1. The molecule has 6 nitrogen and oxygen atoms in total. The topological polar surface area (TPSA) is 76.4 Å². The van der Waals surface area contributed by atoms with Crippen LogP contribution in [0.25, 0.3) is 11.5 Å². The maximum Gasteiger partial charge on any atom is 0.452 e. The fourth-order valence-corrected chi connectivity index (χ4v) is 3.17. The Bertz CT molecular complexity index is 1310. The third kappa shape index (κ3) is 5.59. The van der Waals surface area contributed by atoms with Crippen molar-refractivity contribution >= 4 is 28.9 Å². The summed E-state index contributed by atoms with van der Waals surface area (Å²) < 4.78 is 51.0. The molecule has 3 aromatic carbocycles. The molecule has 1 amide bonds. The highest BCUT2D eigenvalue weighted by Crippen LogP contribution is 2.35. The lowest BCUT2D eigenvalue weighted by Gasteiger charge is -2.11. The number of hydrogen-bond donors (Lipinski definition) is 2. The van der Waals surface area contributed by atoms with Crippen molar-refractivity contribution in [1.82, 2.24) is 10.3 Å². The number of para-hydroxylation sites is 1. The van der Waals surface area contributed by atoms with E-state index in [9.17, 15) is 18.0 Å². The average molecular weight is 483 g/mol. The summed E-state index contributed by atoms with van der Waals surface area (Å²) in [5.74, 6) is -1.88. The summed E-state index contributed by atoms with van der Waals surface area (Å²) in [5.41, 5.74) is -0.167. The van der Waals surface area contributed by atoms with Crippen molar-refractivity contribution in [3.8, 4) is 23.0 Å². The summed E-state index contributed by atoms with van der Waals surface area (Å²) in [6.07, 6.45) is -4.93. The first kappa shape index (κ1) is 23.0. The van der Waals surface area contributed by atoms with E-state index in [1.54, 1.807) is 54.6 Å². The number of oxazole rings is 1. The second-order valence-electron chi connectivity index (χ2n) is 6.91. The van der Waals surface area contributed by atoms with Gasteiger partial charge in [0.05, 0.1) is 0 Å². The number of aromatic nitrogens is 1. The number of nitrogens with one attached hydrogen (secondary N) is 2. The molecule has 0 bridgehead atoms. The number of nitrogens with zero attached hydrogens (tertiary/aromatic N) is 1. The van der Waals surface area contributed by atoms with Crippen LogP contribution < -0.4 is 15.4 Å². The molecule has 0 unspecified atom stereocenters. The van der Waals surface area contributed by atoms with Crippen molar-refractivity contribution < 1.29 is 27.1 Å². The minimum absolute atomic E-state index is 0.223. The molecule has 0 aliphatic heterocycles. The van der Waals surface area contributed by atoms with Crippen LogP contribution >= 0.6 is 12.2 Å². The molecule has 0 saturated carbocycles. The summed E-state index contributed by atoms with van der Waals surface area (Å²) in [4.78, 5) is 16.3. The predicted octanol–water partition coefficient (Wildman–Crippen LogP) is 6.28. The quantitative estimate of drug-likeness (QED) is 0.326. The number of thiocarbonyl (C=S) groups is 1. The Balaban J connectivity index is 1.48. The standard InChI is InChI=1S/C24H16F3N3O3S/c25-24(26,27)20-19(29-22(33-20)15-8-3-1-4-9-15)21(31)30-23(34)28-16-10-7-13-18(14-16)32-17-11-5-2-6-12-17/h1-14H,(H2,28,30,31,34). The number of halogens is 3. The van der Waals surface area contributed by atoms with E-state index in [1.807, 2.05) is 18.2 Å². The molecule has 0 atom stereocenters. The number of anilines is 1. The number of alkyl halides is 3. The number of hydrogen-bond acceptors (Lipinski definition) is 5. The largest absolute Gasteiger partial charge is 0.457 e. The maximum absolute atomic E-state index is 13.5. The molecular weight excluding hydrogens is 467 g/mol. The van der Waals surface area contributed by atoms with Crippen LogP contribution in [0, 0.1) is 0 Å². The summed E-state index contributed by atoms with van der Waals surface area (Å²) >= 11 is 5.10. The van der Waals surface area contributed by atoms with Gasteiger partial charge in [-0.2, -0.15) is 13.2 Å². The third-order valence-electron chi connectivity index (χ3n) is 4.42.